The Morgan fingerprint density at radius 1 is 1.12 bits per heavy atom. The molecular weight excluding hydrogens is 462 g/mol. The maximum atomic E-state index is 12.6. The van der Waals surface area contributed by atoms with Crippen molar-refractivity contribution >= 4 is 47.0 Å². The van der Waals surface area contributed by atoms with Gasteiger partial charge < -0.3 is 15.4 Å². The molecule has 0 aliphatic rings. The highest BCUT2D eigenvalue weighted by atomic mass is 35.5. The molecule has 0 aliphatic heterocycles. The van der Waals surface area contributed by atoms with E-state index < -0.39 is 18.0 Å². The minimum absolute atomic E-state index is 0.375. The summed E-state index contributed by atoms with van der Waals surface area (Å²) >= 11 is 6.09. The maximum absolute atomic E-state index is 12.6. The van der Waals surface area contributed by atoms with Crippen molar-refractivity contribution in [2.45, 2.75) is 19.4 Å². The van der Waals surface area contributed by atoms with E-state index >= 15 is 0 Å². The van der Waals surface area contributed by atoms with Crippen molar-refractivity contribution in [3.63, 3.8) is 0 Å². The molecule has 1 atom stereocenters. The molecule has 0 aliphatic carbocycles. The first-order chi connectivity index (χ1) is 16.4. The number of nitrogens with zero attached hydrogens (tertiary/aromatic N) is 4. The Morgan fingerprint density at radius 2 is 1.82 bits per heavy atom. The molecule has 3 N–H and O–H groups in total. The predicted octanol–water partition coefficient (Wildman–Crippen LogP) is 3.04. The Balaban J connectivity index is 1.62. The number of carbonyl (C=O) groups is 3. The van der Waals surface area contributed by atoms with Gasteiger partial charge in [-0.25, -0.2) is 4.79 Å². The molecule has 176 valence electrons. The van der Waals surface area contributed by atoms with Crippen LogP contribution in [-0.4, -0.2) is 51.3 Å². The van der Waals surface area contributed by atoms with Crippen molar-refractivity contribution in [2.24, 2.45) is 0 Å². The van der Waals surface area contributed by atoms with Gasteiger partial charge in [0, 0.05) is 28.0 Å². The summed E-state index contributed by atoms with van der Waals surface area (Å²) in [6, 6.07) is 10.8. The van der Waals surface area contributed by atoms with E-state index in [1.807, 2.05) is 0 Å². The number of carbonyl (C=O) groups excluding carboxylic acids is 3. The standard InChI is InChI=1S/C22H22ClN7O4/c1-3-18(21(32)25-16-6-8-17(9-7-16)26-22(33)34-2)27-20(31)11-4-14-12-15(23)5-10-19(14)30-13-24-28-29-30/h4-13,18H,3H2,1-2H3,(H,25,32)(H,26,33)(H,27,31). The number of tetrazole rings is 1. The number of ether oxygens (including phenoxy) is 1. The van der Waals surface area contributed by atoms with Crippen LogP contribution in [0.1, 0.15) is 18.9 Å². The van der Waals surface area contributed by atoms with Crippen LogP contribution in [0.2, 0.25) is 5.02 Å². The minimum atomic E-state index is -0.761. The fraction of sp³-hybridized carbons (Fsp3) is 0.182. The van der Waals surface area contributed by atoms with E-state index in [2.05, 4.69) is 36.2 Å². The zero-order valence-electron chi connectivity index (χ0n) is 18.4. The molecule has 0 bridgehead atoms. The molecule has 1 aromatic heterocycles. The average Bonchev–Trinajstić information content (AvgIpc) is 3.37. The van der Waals surface area contributed by atoms with Crippen LogP contribution in [0.5, 0.6) is 0 Å². The molecule has 0 fully saturated rings. The van der Waals surface area contributed by atoms with Crippen LogP contribution in [-0.2, 0) is 14.3 Å². The summed E-state index contributed by atoms with van der Waals surface area (Å²) in [6.07, 6.45) is 4.08. The largest absolute Gasteiger partial charge is 0.453 e. The number of aromatic nitrogens is 4. The van der Waals surface area contributed by atoms with E-state index in [4.69, 9.17) is 11.6 Å². The van der Waals surface area contributed by atoms with Gasteiger partial charge in [0.15, 0.2) is 0 Å². The number of nitrogens with one attached hydrogen (secondary N) is 3. The van der Waals surface area contributed by atoms with Gasteiger partial charge in [-0.15, -0.1) is 5.10 Å². The van der Waals surface area contributed by atoms with Crippen LogP contribution in [0.15, 0.2) is 54.9 Å². The van der Waals surface area contributed by atoms with Crippen molar-refractivity contribution < 1.29 is 19.1 Å². The minimum Gasteiger partial charge on any atom is -0.453 e. The van der Waals surface area contributed by atoms with Gasteiger partial charge in [-0.2, -0.15) is 4.68 Å². The summed E-state index contributed by atoms with van der Waals surface area (Å²) in [6.45, 7) is 1.78. The van der Waals surface area contributed by atoms with E-state index in [0.717, 1.165) is 0 Å². The fourth-order valence-corrected chi connectivity index (χ4v) is 3.09. The van der Waals surface area contributed by atoms with E-state index in [-0.39, 0.29) is 5.91 Å². The number of hydrogen-bond donors (Lipinski definition) is 3. The van der Waals surface area contributed by atoms with Crippen molar-refractivity contribution in [1.82, 2.24) is 25.5 Å². The molecule has 0 radical (unpaired) electrons. The van der Waals surface area contributed by atoms with Gasteiger partial charge >= 0.3 is 6.09 Å². The van der Waals surface area contributed by atoms with Gasteiger partial charge in [-0.05, 0) is 65.4 Å². The monoisotopic (exact) mass is 483 g/mol. The smallest absolute Gasteiger partial charge is 0.411 e. The highest BCUT2D eigenvalue weighted by Gasteiger charge is 2.18. The van der Waals surface area contributed by atoms with Crippen molar-refractivity contribution in [2.75, 3.05) is 17.7 Å². The second-order valence-corrected chi connectivity index (χ2v) is 7.38. The molecular formula is C22H22ClN7O4. The van der Waals surface area contributed by atoms with Crippen molar-refractivity contribution in [1.29, 1.82) is 0 Å². The van der Waals surface area contributed by atoms with Crippen LogP contribution in [0.3, 0.4) is 0 Å². The van der Waals surface area contributed by atoms with Gasteiger partial charge in [-0.3, -0.25) is 14.9 Å². The second-order valence-electron chi connectivity index (χ2n) is 6.94. The van der Waals surface area contributed by atoms with Gasteiger partial charge in [0.2, 0.25) is 11.8 Å². The second kappa shape index (κ2) is 11.6. The molecule has 0 spiro atoms. The molecule has 11 nitrogen and oxygen atoms in total. The van der Waals surface area contributed by atoms with Crippen LogP contribution in [0.4, 0.5) is 16.2 Å². The summed E-state index contributed by atoms with van der Waals surface area (Å²) in [4.78, 5) is 36.4. The third kappa shape index (κ3) is 6.62. The molecule has 2 aromatic carbocycles. The summed E-state index contributed by atoms with van der Waals surface area (Å²) < 4.78 is 5.98. The molecule has 12 heteroatoms. The lowest BCUT2D eigenvalue weighted by Crippen LogP contribution is -2.42. The fourth-order valence-electron chi connectivity index (χ4n) is 2.91. The zero-order valence-corrected chi connectivity index (χ0v) is 19.1. The molecule has 3 amide bonds. The number of hydrogen-bond acceptors (Lipinski definition) is 7. The summed E-state index contributed by atoms with van der Waals surface area (Å²) in [5, 5.41) is 19.5. The number of rotatable bonds is 8. The third-order valence-corrected chi connectivity index (χ3v) is 4.86. The quantitative estimate of drug-likeness (QED) is 0.418. The predicted molar refractivity (Wildman–Crippen MR) is 127 cm³/mol. The lowest BCUT2D eigenvalue weighted by Gasteiger charge is -2.16. The normalized spacial score (nSPS) is 11.6. The van der Waals surface area contributed by atoms with E-state index in [0.29, 0.717) is 34.1 Å². The van der Waals surface area contributed by atoms with E-state index in [9.17, 15) is 14.4 Å². The highest BCUT2D eigenvalue weighted by Crippen LogP contribution is 2.20. The molecule has 3 aromatic rings. The molecule has 0 saturated heterocycles. The first-order valence-electron chi connectivity index (χ1n) is 10.2. The third-order valence-electron chi connectivity index (χ3n) is 4.63. The van der Waals surface area contributed by atoms with E-state index in [1.165, 1.54) is 24.2 Å². The van der Waals surface area contributed by atoms with Crippen LogP contribution in [0, 0.1) is 0 Å². The lowest BCUT2D eigenvalue weighted by atomic mass is 10.1. The molecule has 1 unspecified atom stereocenters. The van der Waals surface area contributed by atoms with Crippen LogP contribution in [0.25, 0.3) is 11.8 Å². The molecule has 1 heterocycles. The van der Waals surface area contributed by atoms with Crippen molar-refractivity contribution in [3.05, 3.63) is 65.5 Å². The Bertz CT molecular complexity index is 1180. The highest BCUT2D eigenvalue weighted by molar-refractivity contribution is 6.30. The Hall–Kier alpha value is -4.25. The lowest BCUT2D eigenvalue weighted by molar-refractivity contribution is -0.123. The summed E-state index contributed by atoms with van der Waals surface area (Å²) in [5.41, 5.74) is 2.27. The SMILES string of the molecule is CCC(NC(=O)C=Cc1cc(Cl)ccc1-n1cnnn1)C(=O)Nc1ccc(NC(=O)OC)cc1. The summed E-state index contributed by atoms with van der Waals surface area (Å²) in [5.74, 6) is -0.836. The molecule has 3 rings (SSSR count). The van der Waals surface area contributed by atoms with Gasteiger partial charge in [0.05, 0.1) is 12.8 Å². The Morgan fingerprint density at radius 3 is 2.44 bits per heavy atom. The average molecular weight is 484 g/mol. The Kier molecular flexibility index (Phi) is 8.30. The Labute approximate surface area is 200 Å². The number of benzene rings is 2. The van der Waals surface area contributed by atoms with Gasteiger partial charge in [0.1, 0.15) is 12.4 Å². The number of halogens is 1. The van der Waals surface area contributed by atoms with Gasteiger partial charge in [0.25, 0.3) is 0 Å². The van der Waals surface area contributed by atoms with E-state index in [1.54, 1.807) is 55.5 Å². The maximum Gasteiger partial charge on any atom is 0.411 e. The number of anilines is 2. The van der Waals surface area contributed by atoms with Crippen molar-refractivity contribution in [3.8, 4) is 5.69 Å². The topological polar surface area (TPSA) is 140 Å². The molecule has 0 saturated carbocycles. The number of amides is 3. The van der Waals surface area contributed by atoms with Crippen LogP contribution < -0.4 is 16.0 Å². The zero-order chi connectivity index (χ0) is 24.5. The van der Waals surface area contributed by atoms with Crippen LogP contribution >= 0.6 is 11.6 Å². The number of methoxy groups -OCH3 is 1. The first-order valence-corrected chi connectivity index (χ1v) is 10.5. The summed E-state index contributed by atoms with van der Waals surface area (Å²) in [7, 11) is 1.26. The first kappa shape index (κ1) is 24.4. The van der Waals surface area contributed by atoms with Gasteiger partial charge in [-0.1, -0.05) is 18.5 Å². The molecule has 34 heavy (non-hydrogen) atoms.